The second-order valence-corrected chi connectivity index (χ2v) is 8.96. The smallest absolute Gasteiger partial charge is 0.233 e. The highest BCUT2D eigenvalue weighted by Gasteiger charge is 2.48. The predicted molar refractivity (Wildman–Crippen MR) is 124 cm³/mol. The van der Waals surface area contributed by atoms with Gasteiger partial charge in [0.05, 0.1) is 24.3 Å². The number of methoxy groups -OCH3 is 1. The Morgan fingerprint density at radius 1 is 1.09 bits per heavy atom. The molecule has 1 aliphatic heterocycles. The second-order valence-electron chi connectivity index (χ2n) is 8.96. The van der Waals surface area contributed by atoms with Gasteiger partial charge in [0.15, 0.2) is 5.82 Å². The van der Waals surface area contributed by atoms with Crippen molar-refractivity contribution in [2.45, 2.75) is 50.0 Å². The summed E-state index contributed by atoms with van der Waals surface area (Å²) in [4.78, 5) is 25.3. The third-order valence-corrected chi connectivity index (χ3v) is 7.12. The van der Waals surface area contributed by atoms with Crippen LogP contribution in [0.4, 0.5) is 4.39 Å². The molecule has 2 aliphatic rings. The summed E-state index contributed by atoms with van der Waals surface area (Å²) in [5.74, 6) is 1.10. The first-order chi connectivity index (χ1) is 16.1. The fourth-order valence-electron chi connectivity index (χ4n) is 5.48. The van der Waals surface area contributed by atoms with Crippen molar-refractivity contribution in [1.82, 2.24) is 14.9 Å². The van der Waals surface area contributed by atoms with E-state index in [-0.39, 0.29) is 17.8 Å². The molecule has 6 heteroatoms. The van der Waals surface area contributed by atoms with Crippen LogP contribution in [0.2, 0.25) is 0 Å². The first-order valence-corrected chi connectivity index (χ1v) is 11.7. The summed E-state index contributed by atoms with van der Waals surface area (Å²) in [5, 5.41) is 0. The van der Waals surface area contributed by atoms with Gasteiger partial charge in [-0.3, -0.25) is 4.79 Å². The van der Waals surface area contributed by atoms with Crippen molar-refractivity contribution in [2.24, 2.45) is 0 Å². The molecule has 1 unspecified atom stereocenters. The number of hydrogen-bond acceptors (Lipinski definition) is 4. The molecule has 5 nitrogen and oxygen atoms in total. The van der Waals surface area contributed by atoms with Crippen LogP contribution in [0, 0.1) is 5.82 Å². The Morgan fingerprint density at radius 3 is 2.70 bits per heavy atom. The second kappa shape index (κ2) is 8.93. The summed E-state index contributed by atoms with van der Waals surface area (Å²) in [6.07, 6.45) is 6.75. The highest BCUT2D eigenvalue weighted by Crippen LogP contribution is 2.46. The van der Waals surface area contributed by atoms with Gasteiger partial charge in [-0.15, -0.1) is 0 Å². The zero-order valence-electron chi connectivity index (χ0n) is 18.8. The zero-order valence-corrected chi connectivity index (χ0v) is 18.8. The van der Waals surface area contributed by atoms with Crippen LogP contribution in [0.1, 0.15) is 55.8 Å². The molecular formula is C27H28FN3O2. The maximum absolute atomic E-state index is 14.9. The van der Waals surface area contributed by atoms with Gasteiger partial charge in [-0.1, -0.05) is 43.2 Å². The third-order valence-electron chi connectivity index (χ3n) is 7.12. The topological polar surface area (TPSA) is 55.3 Å². The third kappa shape index (κ3) is 3.88. The van der Waals surface area contributed by atoms with Crippen LogP contribution in [0.5, 0.6) is 5.75 Å². The molecule has 0 radical (unpaired) electrons. The lowest BCUT2D eigenvalue weighted by molar-refractivity contribution is -0.138. The van der Waals surface area contributed by atoms with Crippen molar-refractivity contribution in [3.63, 3.8) is 0 Å². The minimum atomic E-state index is -0.781. The molecule has 2 heterocycles. The van der Waals surface area contributed by atoms with Crippen molar-refractivity contribution >= 4 is 5.91 Å². The van der Waals surface area contributed by atoms with E-state index in [9.17, 15) is 9.18 Å². The van der Waals surface area contributed by atoms with Gasteiger partial charge in [0.25, 0.3) is 0 Å². The van der Waals surface area contributed by atoms with E-state index in [0.717, 1.165) is 42.7 Å². The van der Waals surface area contributed by atoms with Gasteiger partial charge >= 0.3 is 0 Å². The Balaban J connectivity index is 1.48. The molecule has 1 saturated heterocycles. The van der Waals surface area contributed by atoms with Gasteiger partial charge in [-0.2, -0.15) is 0 Å². The van der Waals surface area contributed by atoms with E-state index >= 15 is 0 Å². The number of likely N-dealkylation sites (tertiary alicyclic amines) is 1. The molecule has 0 N–H and O–H groups in total. The molecule has 0 bridgehead atoms. The summed E-state index contributed by atoms with van der Waals surface area (Å²) >= 11 is 0. The number of halogens is 1. The van der Waals surface area contributed by atoms with Crippen molar-refractivity contribution < 1.29 is 13.9 Å². The number of amides is 1. The molecule has 33 heavy (non-hydrogen) atoms. The van der Waals surface area contributed by atoms with Gasteiger partial charge in [0.2, 0.25) is 5.91 Å². The van der Waals surface area contributed by atoms with E-state index in [1.54, 1.807) is 25.4 Å². The molecule has 5 rings (SSSR count). The monoisotopic (exact) mass is 445 g/mol. The van der Waals surface area contributed by atoms with Crippen molar-refractivity contribution in [3.8, 4) is 17.1 Å². The van der Waals surface area contributed by atoms with Crippen LogP contribution < -0.4 is 4.74 Å². The molecule has 0 spiro atoms. The van der Waals surface area contributed by atoms with Gasteiger partial charge in [-0.25, -0.2) is 14.4 Å². The average Bonchev–Trinajstić information content (AvgIpc) is 3.55. The fourth-order valence-corrected chi connectivity index (χ4v) is 5.48. The van der Waals surface area contributed by atoms with E-state index in [1.807, 2.05) is 41.3 Å². The molecule has 1 saturated carbocycles. The number of carbonyl (C=O) groups is 1. The van der Waals surface area contributed by atoms with E-state index < -0.39 is 5.41 Å². The van der Waals surface area contributed by atoms with Crippen molar-refractivity contribution in [2.75, 3.05) is 13.7 Å². The highest BCUT2D eigenvalue weighted by molar-refractivity contribution is 5.89. The molecule has 3 aromatic rings. The first kappa shape index (κ1) is 21.6. The molecule has 170 valence electrons. The largest absolute Gasteiger partial charge is 0.497 e. The van der Waals surface area contributed by atoms with Crippen LogP contribution in [0.15, 0.2) is 60.8 Å². The van der Waals surface area contributed by atoms with Crippen LogP contribution in [-0.2, 0) is 10.2 Å². The van der Waals surface area contributed by atoms with Crippen LogP contribution in [0.3, 0.4) is 0 Å². The van der Waals surface area contributed by atoms with Gasteiger partial charge < -0.3 is 9.64 Å². The molecule has 2 fully saturated rings. The van der Waals surface area contributed by atoms with Crippen molar-refractivity contribution in [1.29, 1.82) is 0 Å². The normalized spacial score (nSPS) is 19.6. The Hall–Kier alpha value is -3.28. The first-order valence-electron chi connectivity index (χ1n) is 11.7. The minimum absolute atomic E-state index is 0.0362. The van der Waals surface area contributed by atoms with E-state index in [0.29, 0.717) is 30.8 Å². The van der Waals surface area contributed by atoms with Crippen LogP contribution in [0.25, 0.3) is 11.4 Å². The number of nitrogens with zero attached hydrogens (tertiary/aromatic N) is 3. The summed E-state index contributed by atoms with van der Waals surface area (Å²) in [6, 6.07) is 16.2. The van der Waals surface area contributed by atoms with E-state index in [4.69, 9.17) is 9.72 Å². The lowest BCUT2D eigenvalue weighted by Gasteiger charge is -2.36. The molecule has 1 aliphatic carbocycles. The molecule has 1 amide bonds. The Morgan fingerprint density at radius 2 is 1.91 bits per heavy atom. The summed E-state index contributed by atoms with van der Waals surface area (Å²) < 4.78 is 20.2. The standard InChI is InChI=1S/C27H28FN3O2/c1-33-20-9-6-8-19(18-20)25-29-16-13-23(30-25)24-12-7-17-31(24)26(32)27(14-4-5-15-27)21-10-2-3-11-22(21)28/h2-3,6,8-11,13,16,18,24H,4-5,7,12,14-15,17H2,1H3. The van der Waals surface area contributed by atoms with Gasteiger partial charge in [0.1, 0.15) is 11.6 Å². The molecule has 1 atom stereocenters. The fraction of sp³-hybridized carbons (Fsp3) is 0.370. The number of rotatable bonds is 5. The zero-order chi connectivity index (χ0) is 22.8. The Bertz CT molecular complexity index is 1160. The van der Waals surface area contributed by atoms with Crippen molar-refractivity contribution in [3.05, 3.63) is 77.9 Å². The highest BCUT2D eigenvalue weighted by atomic mass is 19.1. The quantitative estimate of drug-likeness (QED) is 0.523. The Labute approximate surface area is 193 Å². The Kier molecular flexibility index (Phi) is 5.83. The lowest BCUT2D eigenvalue weighted by atomic mass is 9.77. The van der Waals surface area contributed by atoms with Gasteiger partial charge in [0, 0.05) is 23.9 Å². The van der Waals surface area contributed by atoms with Crippen LogP contribution in [-0.4, -0.2) is 34.4 Å². The summed E-state index contributed by atoms with van der Waals surface area (Å²) in [6.45, 7) is 0.665. The number of carbonyl (C=O) groups excluding carboxylic acids is 1. The SMILES string of the molecule is COc1cccc(-c2nccc(C3CCCN3C(=O)C3(c4ccccc4F)CCCC3)n2)c1. The maximum Gasteiger partial charge on any atom is 0.233 e. The number of hydrogen-bond donors (Lipinski definition) is 0. The number of benzene rings is 2. The minimum Gasteiger partial charge on any atom is -0.497 e. The maximum atomic E-state index is 14.9. The summed E-state index contributed by atoms with van der Waals surface area (Å²) in [7, 11) is 1.63. The van der Waals surface area contributed by atoms with E-state index in [1.165, 1.54) is 6.07 Å². The molecule has 1 aromatic heterocycles. The number of ether oxygens (including phenoxy) is 1. The lowest BCUT2D eigenvalue weighted by Crippen LogP contribution is -2.45. The summed E-state index contributed by atoms with van der Waals surface area (Å²) in [5.41, 5.74) is 1.45. The molecular weight excluding hydrogens is 417 g/mol. The predicted octanol–water partition coefficient (Wildman–Crippen LogP) is 5.47. The average molecular weight is 446 g/mol. The van der Waals surface area contributed by atoms with Gasteiger partial charge in [-0.05, 0) is 49.9 Å². The number of aromatic nitrogens is 2. The van der Waals surface area contributed by atoms with E-state index in [2.05, 4.69) is 4.98 Å². The molecule has 2 aromatic carbocycles. The van der Waals surface area contributed by atoms with Crippen LogP contribution >= 0.6 is 0 Å².